The van der Waals surface area contributed by atoms with E-state index in [0.29, 0.717) is 30.1 Å². The van der Waals surface area contributed by atoms with Gasteiger partial charge in [0.25, 0.3) is 0 Å². The molecule has 1 amide bonds. The third kappa shape index (κ3) is 3.99. The van der Waals surface area contributed by atoms with E-state index in [4.69, 9.17) is 13.9 Å². The summed E-state index contributed by atoms with van der Waals surface area (Å²) in [5.74, 6) is 1.02. The number of benzene rings is 2. The molecule has 1 aliphatic heterocycles. The summed E-state index contributed by atoms with van der Waals surface area (Å²) in [6.07, 6.45) is 0.178. The van der Waals surface area contributed by atoms with Crippen molar-refractivity contribution < 1.29 is 18.7 Å². The molecule has 1 aliphatic rings. The molecule has 152 valence electrons. The van der Waals surface area contributed by atoms with Gasteiger partial charge in [-0.1, -0.05) is 32.0 Å². The first-order valence-corrected chi connectivity index (χ1v) is 9.80. The van der Waals surface area contributed by atoms with E-state index < -0.39 is 5.76 Å². The van der Waals surface area contributed by atoms with Gasteiger partial charge in [0.05, 0.1) is 11.6 Å². The van der Waals surface area contributed by atoms with Crippen LogP contribution in [0, 0.1) is 5.92 Å². The summed E-state index contributed by atoms with van der Waals surface area (Å²) in [5.41, 5.74) is 2.18. The zero-order chi connectivity index (χ0) is 20.4. The molecule has 0 bridgehead atoms. The Hall–Kier alpha value is -3.22. The minimum absolute atomic E-state index is 0.129. The standard InChI is InChI=1S/C22H24N2O5/c1-14(2)21(15-7-8-18-19(13-15)28-12-11-27-18)23-20(25)9-10-24-16-5-3-4-6-17(16)29-22(24)26/h3-8,13-14,21H,9-12H2,1-2H3,(H,23,25)/t21-/m0/s1. The lowest BCUT2D eigenvalue weighted by Gasteiger charge is -2.25. The van der Waals surface area contributed by atoms with Gasteiger partial charge in [-0.3, -0.25) is 9.36 Å². The minimum atomic E-state index is -0.453. The SMILES string of the molecule is CC(C)[C@H](NC(=O)CCn1c(=O)oc2ccccc21)c1ccc2c(c1)OCCO2. The van der Waals surface area contributed by atoms with Gasteiger partial charge in [0, 0.05) is 13.0 Å². The lowest BCUT2D eigenvalue weighted by Crippen LogP contribution is -2.33. The molecule has 0 spiro atoms. The van der Waals surface area contributed by atoms with Crippen molar-refractivity contribution in [3.8, 4) is 11.5 Å². The normalized spacial score (nSPS) is 14.2. The number of aryl methyl sites for hydroxylation is 1. The van der Waals surface area contributed by atoms with Crippen molar-refractivity contribution in [3.05, 3.63) is 58.6 Å². The number of carbonyl (C=O) groups is 1. The van der Waals surface area contributed by atoms with Crippen LogP contribution in [-0.4, -0.2) is 23.7 Å². The molecule has 1 aromatic heterocycles. The zero-order valence-electron chi connectivity index (χ0n) is 16.5. The average Bonchev–Trinajstić information content (AvgIpc) is 3.05. The van der Waals surface area contributed by atoms with Gasteiger partial charge in [0.15, 0.2) is 17.1 Å². The molecule has 0 saturated heterocycles. The molecule has 1 atom stereocenters. The number of nitrogens with one attached hydrogen (secondary N) is 1. The maximum absolute atomic E-state index is 12.6. The molecule has 0 aliphatic carbocycles. The van der Waals surface area contributed by atoms with Crippen molar-refractivity contribution >= 4 is 17.0 Å². The third-order valence-corrected chi connectivity index (χ3v) is 5.04. The molecule has 0 unspecified atom stereocenters. The molecule has 0 fully saturated rings. The molecule has 0 radical (unpaired) electrons. The number of amides is 1. The maximum Gasteiger partial charge on any atom is 0.419 e. The molecule has 7 nitrogen and oxygen atoms in total. The predicted octanol–water partition coefficient (Wildman–Crippen LogP) is 3.27. The largest absolute Gasteiger partial charge is 0.486 e. The Morgan fingerprint density at radius 2 is 1.86 bits per heavy atom. The van der Waals surface area contributed by atoms with Crippen molar-refractivity contribution in [2.45, 2.75) is 32.9 Å². The molecule has 7 heteroatoms. The third-order valence-electron chi connectivity index (χ3n) is 5.04. The minimum Gasteiger partial charge on any atom is -0.486 e. The molecular formula is C22H24N2O5. The van der Waals surface area contributed by atoms with E-state index in [9.17, 15) is 9.59 Å². The second-order valence-corrected chi connectivity index (χ2v) is 7.43. The van der Waals surface area contributed by atoms with E-state index in [-0.39, 0.29) is 30.8 Å². The van der Waals surface area contributed by atoms with Crippen LogP contribution in [0.1, 0.15) is 31.9 Å². The van der Waals surface area contributed by atoms with Crippen LogP contribution in [0.5, 0.6) is 11.5 Å². The van der Waals surface area contributed by atoms with Crippen molar-refractivity contribution in [3.63, 3.8) is 0 Å². The Labute approximate surface area is 168 Å². The van der Waals surface area contributed by atoms with Gasteiger partial charge < -0.3 is 19.2 Å². The summed E-state index contributed by atoms with van der Waals surface area (Å²) >= 11 is 0. The summed E-state index contributed by atoms with van der Waals surface area (Å²) in [4.78, 5) is 24.7. The van der Waals surface area contributed by atoms with Gasteiger partial charge in [0.2, 0.25) is 5.91 Å². The zero-order valence-corrected chi connectivity index (χ0v) is 16.5. The van der Waals surface area contributed by atoms with E-state index in [0.717, 1.165) is 11.3 Å². The fourth-order valence-electron chi connectivity index (χ4n) is 3.57. The Morgan fingerprint density at radius 3 is 2.66 bits per heavy atom. The Kier molecular flexibility index (Phi) is 5.29. The van der Waals surface area contributed by atoms with Gasteiger partial charge in [-0.15, -0.1) is 0 Å². The first-order chi connectivity index (χ1) is 14.0. The Bertz CT molecular complexity index is 1080. The number of hydrogen-bond acceptors (Lipinski definition) is 5. The average molecular weight is 396 g/mol. The Morgan fingerprint density at radius 1 is 1.10 bits per heavy atom. The summed E-state index contributed by atoms with van der Waals surface area (Å²) in [6.45, 7) is 5.42. The van der Waals surface area contributed by atoms with E-state index in [2.05, 4.69) is 19.2 Å². The van der Waals surface area contributed by atoms with Crippen LogP contribution < -0.4 is 20.5 Å². The lowest BCUT2D eigenvalue weighted by molar-refractivity contribution is -0.122. The molecule has 3 aromatic rings. The number of oxazole rings is 1. The predicted molar refractivity (Wildman–Crippen MR) is 108 cm³/mol. The molecule has 4 rings (SSSR count). The number of ether oxygens (including phenoxy) is 2. The number of hydrogen-bond donors (Lipinski definition) is 1. The summed E-state index contributed by atoms with van der Waals surface area (Å²) in [7, 11) is 0. The molecule has 2 heterocycles. The van der Waals surface area contributed by atoms with Crippen molar-refractivity contribution in [1.82, 2.24) is 9.88 Å². The van der Waals surface area contributed by atoms with Crippen molar-refractivity contribution in [2.75, 3.05) is 13.2 Å². The van der Waals surface area contributed by atoms with Gasteiger partial charge in [-0.05, 0) is 35.7 Å². The molecule has 0 saturated carbocycles. The fourth-order valence-corrected chi connectivity index (χ4v) is 3.57. The summed E-state index contributed by atoms with van der Waals surface area (Å²) < 4.78 is 17.9. The second-order valence-electron chi connectivity index (χ2n) is 7.43. The first kappa shape index (κ1) is 19.1. The summed E-state index contributed by atoms with van der Waals surface area (Å²) in [5, 5.41) is 3.09. The highest BCUT2D eigenvalue weighted by atomic mass is 16.6. The fraction of sp³-hybridized carbons (Fsp3) is 0.364. The molecule has 1 N–H and O–H groups in total. The van der Waals surface area contributed by atoms with Crippen molar-refractivity contribution in [1.29, 1.82) is 0 Å². The van der Waals surface area contributed by atoms with Crippen LogP contribution >= 0.6 is 0 Å². The van der Waals surface area contributed by atoms with E-state index in [1.54, 1.807) is 6.07 Å². The van der Waals surface area contributed by atoms with E-state index >= 15 is 0 Å². The van der Waals surface area contributed by atoms with Crippen LogP contribution in [0.4, 0.5) is 0 Å². The summed E-state index contributed by atoms with van der Waals surface area (Å²) in [6, 6.07) is 12.8. The number of nitrogens with zero attached hydrogens (tertiary/aromatic N) is 1. The monoisotopic (exact) mass is 396 g/mol. The van der Waals surface area contributed by atoms with E-state index in [1.165, 1.54) is 4.57 Å². The smallest absolute Gasteiger partial charge is 0.419 e. The highest BCUT2D eigenvalue weighted by Gasteiger charge is 2.21. The quantitative estimate of drug-likeness (QED) is 0.691. The second kappa shape index (κ2) is 8.03. The van der Waals surface area contributed by atoms with Crippen LogP contribution in [-0.2, 0) is 11.3 Å². The van der Waals surface area contributed by atoms with Crippen LogP contribution in [0.2, 0.25) is 0 Å². The number of fused-ring (bicyclic) bond motifs is 2. The van der Waals surface area contributed by atoms with Gasteiger partial charge in [0.1, 0.15) is 13.2 Å². The molecular weight excluding hydrogens is 372 g/mol. The molecule has 2 aromatic carbocycles. The number of para-hydroxylation sites is 2. The first-order valence-electron chi connectivity index (χ1n) is 9.80. The number of carbonyl (C=O) groups excluding carboxylic acids is 1. The van der Waals surface area contributed by atoms with Crippen LogP contribution in [0.25, 0.3) is 11.1 Å². The van der Waals surface area contributed by atoms with Gasteiger partial charge in [-0.2, -0.15) is 0 Å². The highest BCUT2D eigenvalue weighted by molar-refractivity contribution is 5.77. The lowest BCUT2D eigenvalue weighted by atomic mass is 9.95. The van der Waals surface area contributed by atoms with E-state index in [1.807, 2.05) is 36.4 Å². The molecule has 29 heavy (non-hydrogen) atoms. The van der Waals surface area contributed by atoms with Crippen LogP contribution in [0.15, 0.2) is 51.7 Å². The Balaban J connectivity index is 1.47. The van der Waals surface area contributed by atoms with Crippen LogP contribution in [0.3, 0.4) is 0 Å². The van der Waals surface area contributed by atoms with Crippen molar-refractivity contribution in [2.24, 2.45) is 5.92 Å². The van der Waals surface area contributed by atoms with Gasteiger partial charge in [-0.25, -0.2) is 4.79 Å². The number of rotatable bonds is 6. The topological polar surface area (TPSA) is 82.7 Å². The maximum atomic E-state index is 12.6. The highest BCUT2D eigenvalue weighted by Crippen LogP contribution is 2.34. The van der Waals surface area contributed by atoms with Gasteiger partial charge >= 0.3 is 5.76 Å². The number of aromatic nitrogens is 1.